The molecular weight excluding hydrogens is 454 g/mol. The van der Waals surface area contributed by atoms with Crippen LogP contribution in [0.4, 0.5) is 4.79 Å². The average molecular weight is 474 g/mol. The minimum Gasteiger partial charge on any atom is -0.493 e. The van der Waals surface area contributed by atoms with Crippen LogP contribution in [0.5, 0.6) is 11.5 Å². The molecule has 1 aliphatic rings. The lowest BCUT2D eigenvalue weighted by molar-refractivity contribution is -0.145. The summed E-state index contributed by atoms with van der Waals surface area (Å²) in [6, 6.07) is 3.27. The van der Waals surface area contributed by atoms with Gasteiger partial charge in [0.1, 0.15) is 0 Å². The third-order valence-corrected chi connectivity index (χ3v) is 5.21. The first-order valence-electron chi connectivity index (χ1n) is 8.31. The van der Waals surface area contributed by atoms with Gasteiger partial charge >= 0.3 is 5.97 Å². The molecule has 1 heterocycles. The number of halogens is 1. The predicted octanol–water partition coefficient (Wildman–Crippen LogP) is 3.08. The summed E-state index contributed by atoms with van der Waals surface area (Å²) in [6.45, 7) is 2.19. The second kappa shape index (κ2) is 10.5. The van der Waals surface area contributed by atoms with Crippen LogP contribution in [0.2, 0.25) is 0 Å². The fraction of sp³-hybridized carbons (Fsp3) is 0.389. The van der Waals surface area contributed by atoms with Crippen LogP contribution in [0.15, 0.2) is 21.5 Å². The molecule has 1 saturated heterocycles. The Morgan fingerprint density at radius 2 is 2.00 bits per heavy atom. The number of rotatable bonds is 9. The van der Waals surface area contributed by atoms with Crippen LogP contribution in [0.3, 0.4) is 0 Å². The summed E-state index contributed by atoms with van der Waals surface area (Å²) in [5.41, 5.74) is 0.623. The van der Waals surface area contributed by atoms with Crippen molar-refractivity contribution in [3.05, 3.63) is 27.1 Å². The van der Waals surface area contributed by atoms with Crippen LogP contribution < -0.4 is 9.47 Å². The van der Waals surface area contributed by atoms with Crippen molar-refractivity contribution in [1.29, 1.82) is 0 Å². The summed E-state index contributed by atoms with van der Waals surface area (Å²) in [5, 5.41) is -0.342. The summed E-state index contributed by atoms with van der Waals surface area (Å²) in [5.74, 6) is -0.153. The molecule has 0 atom stereocenters. The average Bonchev–Trinajstić information content (AvgIpc) is 2.93. The zero-order chi connectivity index (χ0) is 20.7. The molecule has 0 saturated carbocycles. The maximum Gasteiger partial charge on any atom is 0.344 e. The number of hydrogen-bond donors (Lipinski definition) is 0. The molecule has 152 valence electrons. The minimum atomic E-state index is -0.491. The number of nitrogens with zero attached hydrogens (tertiary/aromatic N) is 1. The maximum atomic E-state index is 12.4. The first kappa shape index (κ1) is 22.3. The first-order chi connectivity index (χ1) is 13.4. The number of imide groups is 1. The van der Waals surface area contributed by atoms with Crippen molar-refractivity contribution in [2.45, 2.75) is 6.92 Å². The van der Waals surface area contributed by atoms with Crippen LogP contribution in [-0.4, -0.2) is 62.6 Å². The number of hydrogen-bond acceptors (Lipinski definition) is 8. The highest BCUT2D eigenvalue weighted by molar-refractivity contribution is 9.10. The van der Waals surface area contributed by atoms with E-state index in [4.69, 9.17) is 18.9 Å². The molecular formula is C18H20BrNO7S. The number of carbonyl (C=O) groups excluding carboxylic acids is 3. The van der Waals surface area contributed by atoms with E-state index in [0.29, 0.717) is 26.4 Å². The topological polar surface area (TPSA) is 91.4 Å². The van der Waals surface area contributed by atoms with Gasteiger partial charge in [-0.1, -0.05) is 15.9 Å². The summed E-state index contributed by atoms with van der Waals surface area (Å²) in [7, 11) is 2.97. The molecule has 2 amide bonds. The molecule has 0 radical (unpaired) electrons. The summed E-state index contributed by atoms with van der Waals surface area (Å²) in [4.78, 5) is 37.4. The highest BCUT2D eigenvalue weighted by Gasteiger charge is 2.34. The molecule has 0 N–H and O–H groups in total. The van der Waals surface area contributed by atoms with E-state index in [-0.39, 0.29) is 37.5 Å². The normalized spacial score (nSPS) is 15.3. The van der Waals surface area contributed by atoms with Crippen molar-refractivity contribution in [3.8, 4) is 11.5 Å². The highest BCUT2D eigenvalue weighted by Crippen LogP contribution is 2.38. The van der Waals surface area contributed by atoms with E-state index in [1.807, 2.05) is 0 Å². The molecule has 28 heavy (non-hydrogen) atoms. The SMILES string of the molecule is CCOC(=O)COc1cc(Br)c(/C=C2/SC(=O)N(CCOC)C2=O)cc1OC. The molecule has 0 aliphatic carbocycles. The Balaban J connectivity index is 2.22. The molecule has 0 spiro atoms. The van der Waals surface area contributed by atoms with Crippen molar-refractivity contribution in [1.82, 2.24) is 4.90 Å². The van der Waals surface area contributed by atoms with E-state index in [1.165, 1.54) is 14.2 Å². The highest BCUT2D eigenvalue weighted by atomic mass is 79.9. The summed E-state index contributed by atoms with van der Waals surface area (Å²) >= 11 is 4.27. The van der Waals surface area contributed by atoms with Crippen molar-refractivity contribution in [3.63, 3.8) is 0 Å². The first-order valence-corrected chi connectivity index (χ1v) is 9.92. The number of methoxy groups -OCH3 is 2. The Bertz CT molecular complexity index is 796. The minimum absolute atomic E-state index is 0.198. The lowest BCUT2D eigenvalue weighted by atomic mass is 10.2. The van der Waals surface area contributed by atoms with Crippen LogP contribution >= 0.6 is 27.7 Å². The second-order valence-electron chi connectivity index (χ2n) is 5.44. The van der Waals surface area contributed by atoms with Gasteiger partial charge in [0.25, 0.3) is 11.1 Å². The van der Waals surface area contributed by atoms with Gasteiger partial charge in [-0.15, -0.1) is 0 Å². The molecule has 0 unspecified atom stereocenters. The molecule has 2 rings (SSSR count). The third-order valence-electron chi connectivity index (χ3n) is 3.61. The lowest BCUT2D eigenvalue weighted by Gasteiger charge is -2.13. The van der Waals surface area contributed by atoms with Crippen LogP contribution in [-0.2, 0) is 19.1 Å². The fourth-order valence-electron chi connectivity index (χ4n) is 2.29. The van der Waals surface area contributed by atoms with Crippen LogP contribution in [0.1, 0.15) is 12.5 Å². The number of amides is 2. The third kappa shape index (κ3) is 5.49. The standard InChI is InChI=1S/C18H20BrNO7S/c1-4-26-16(21)10-27-14-9-12(19)11(7-13(14)25-3)8-15-17(22)20(5-6-24-2)18(23)28-15/h7-9H,4-6,10H2,1-3H3/b15-8+. The van der Waals surface area contributed by atoms with Gasteiger partial charge in [0.05, 0.1) is 31.8 Å². The van der Waals surface area contributed by atoms with Crippen LogP contribution in [0.25, 0.3) is 6.08 Å². The number of esters is 1. The molecule has 0 aromatic heterocycles. The van der Waals surface area contributed by atoms with Gasteiger partial charge in [-0.05, 0) is 42.5 Å². The van der Waals surface area contributed by atoms with Crippen molar-refractivity contribution >= 4 is 50.9 Å². The molecule has 1 aliphatic heterocycles. The summed E-state index contributed by atoms with van der Waals surface area (Å²) in [6.07, 6.45) is 1.60. The zero-order valence-corrected chi connectivity index (χ0v) is 18.1. The number of carbonyl (C=O) groups is 3. The number of ether oxygens (including phenoxy) is 4. The van der Waals surface area contributed by atoms with E-state index in [0.717, 1.165) is 16.7 Å². The smallest absolute Gasteiger partial charge is 0.344 e. The van der Waals surface area contributed by atoms with Crippen LogP contribution in [0, 0.1) is 0 Å². The molecule has 0 bridgehead atoms. The Morgan fingerprint density at radius 1 is 1.25 bits per heavy atom. The number of benzene rings is 1. The Hall–Kier alpha value is -2.04. The summed E-state index contributed by atoms with van der Waals surface area (Å²) < 4.78 is 21.1. The van der Waals surface area contributed by atoms with Gasteiger partial charge in [0.2, 0.25) is 0 Å². The molecule has 1 aromatic carbocycles. The zero-order valence-electron chi connectivity index (χ0n) is 15.7. The van der Waals surface area contributed by atoms with Crippen molar-refractivity contribution in [2.24, 2.45) is 0 Å². The molecule has 1 fully saturated rings. The molecule has 8 nitrogen and oxygen atoms in total. The van der Waals surface area contributed by atoms with E-state index in [2.05, 4.69) is 15.9 Å². The Morgan fingerprint density at radius 3 is 2.64 bits per heavy atom. The van der Waals surface area contributed by atoms with E-state index in [9.17, 15) is 14.4 Å². The molecule has 10 heteroatoms. The maximum absolute atomic E-state index is 12.4. The van der Waals surface area contributed by atoms with Gasteiger partial charge in [-0.3, -0.25) is 14.5 Å². The van der Waals surface area contributed by atoms with Gasteiger partial charge in [0, 0.05) is 11.6 Å². The van der Waals surface area contributed by atoms with Gasteiger partial charge in [0.15, 0.2) is 18.1 Å². The Kier molecular flexibility index (Phi) is 8.34. The monoisotopic (exact) mass is 473 g/mol. The number of thioether (sulfide) groups is 1. The van der Waals surface area contributed by atoms with E-state index < -0.39 is 5.97 Å². The van der Waals surface area contributed by atoms with E-state index >= 15 is 0 Å². The second-order valence-corrected chi connectivity index (χ2v) is 7.29. The van der Waals surface area contributed by atoms with Crippen molar-refractivity contribution in [2.75, 3.05) is 40.6 Å². The van der Waals surface area contributed by atoms with E-state index in [1.54, 1.807) is 25.1 Å². The Labute approximate surface area is 175 Å². The van der Waals surface area contributed by atoms with Crippen molar-refractivity contribution < 1.29 is 33.3 Å². The van der Waals surface area contributed by atoms with Gasteiger partial charge in [-0.25, -0.2) is 4.79 Å². The van der Waals surface area contributed by atoms with Gasteiger partial charge < -0.3 is 18.9 Å². The fourth-order valence-corrected chi connectivity index (χ4v) is 3.58. The predicted molar refractivity (Wildman–Crippen MR) is 107 cm³/mol. The molecule has 1 aromatic rings. The lowest BCUT2D eigenvalue weighted by Crippen LogP contribution is -2.31. The van der Waals surface area contributed by atoms with Gasteiger partial charge in [-0.2, -0.15) is 0 Å². The largest absolute Gasteiger partial charge is 0.493 e. The quantitative estimate of drug-likeness (QED) is 0.399.